The van der Waals surface area contributed by atoms with Crippen LogP contribution >= 0.6 is 11.8 Å². The van der Waals surface area contributed by atoms with Crippen molar-refractivity contribution < 1.29 is 0 Å². The second-order valence-corrected chi connectivity index (χ2v) is 7.24. The Morgan fingerprint density at radius 2 is 2.21 bits per heavy atom. The average molecular weight is 276 g/mol. The van der Waals surface area contributed by atoms with E-state index < -0.39 is 0 Å². The number of fused-ring (bicyclic) bond motifs is 1. The van der Waals surface area contributed by atoms with Crippen LogP contribution in [-0.4, -0.2) is 22.5 Å². The normalized spacial score (nSPS) is 25.2. The highest BCUT2D eigenvalue weighted by Gasteiger charge is 2.34. The number of aryl methyl sites for hydroxylation is 1. The van der Waals surface area contributed by atoms with Gasteiger partial charge in [0.1, 0.15) is 0 Å². The molecule has 1 fully saturated rings. The minimum absolute atomic E-state index is 0.481. The molecule has 1 aromatic rings. The van der Waals surface area contributed by atoms with E-state index >= 15 is 0 Å². The van der Waals surface area contributed by atoms with Gasteiger partial charge in [0.2, 0.25) is 0 Å². The van der Waals surface area contributed by atoms with Crippen molar-refractivity contribution in [2.45, 2.75) is 55.7 Å². The predicted octanol–water partition coefficient (Wildman–Crippen LogP) is 3.72. The fourth-order valence-corrected chi connectivity index (χ4v) is 4.51. The fraction of sp³-hybridized carbons (Fsp3) is 0.688. The summed E-state index contributed by atoms with van der Waals surface area (Å²) in [4.78, 5) is 4.63. The molecule has 2 nitrogen and oxygen atoms in total. The zero-order valence-corrected chi connectivity index (χ0v) is 12.6. The molecule has 2 aliphatic rings. The summed E-state index contributed by atoms with van der Waals surface area (Å²) in [5.74, 6) is 0. The van der Waals surface area contributed by atoms with E-state index in [1.54, 1.807) is 0 Å². The van der Waals surface area contributed by atoms with E-state index in [1.807, 2.05) is 6.20 Å². The number of hydrogen-bond acceptors (Lipinski definition) is 3. The van der Waals surface area contributed by atoms with Crippen LogP contribution in [-0.2, 0) is 6.42 Å². The largest absolute Gasteiger partial charge is 0.307 e. The molecule has 0 saturated heterocycles. The molecule has 2 aliphatic carbocycles. The summed E-state index contributed by atoms with van der Waals surface area (Å²) in [5.41, 5.74) is 2.76. The summed E-state index contributed by atoms with van der Waals surface area (Å²) in [6, 6.07) is 4.80. The second kappa shape index (κ2) is 5.84. The molecule has 1 saturated carbocycles. The smallest absolute Gasteiger partial charge is 0.0605 e. The van der Waals surface area contributed by atoms with Crippen molar-refractivity contribution in [1.82, 2.24) is 10.3 Å². The first kappa shape index (κ1) is 13.4. The van der Waals surface area contributed by atoms with Gasteiger partial charge in [-0.2, -0.15) is 11.8 Å². The molecular formula is C16H24N2S. The van der Waals surface area contributed by atoms with Crippen LogP contribution in [0.15, 0.2) is 18.3 Å². The highest BCUT2D eigenvalue weighted by molar-refractivity contribution is 8.00. The first-order chi connectivity index (χ1) is 9.33. The minimum Gasteiger partial charge on any atom is -0.307 e. The van der Waals surface area contributed by atoms with E-state index in [-0.39, 0.29) is 0 Å². The molecule has 3 heteroatoms. The Morgan fingerprint density at radius 3 is 3.00 bits per heavy atom. The Hall–Kier alpha value is -0.540. The third kappa shape index (κ3) is 2.82. The van der Waals surface area contributed by atoms with E-state index in [4.69, 9.17) is 0 Å². The van der Waals surface area contributed by atoms with Crippen molar-refractivity contribution in [1.29, 1.82) is 0 Å². The number of hydrogen-bond donors (Lipinski definition) is 1. The van der Waals surface area contributed by atoms with Gasteiger partial charge in [-0.25, -0.2) is 0 Å². The Kier molecular flexibility index (Phi) is 4.13. The maximum atomic E-state index is 4.63. The van der Waals surface area contributed by atoms with E-state index in [0.717, 1.165) is 6.54 Å². The van der Waals surface area contributed by atoms with Crippen LogP contribution in [0.5, 0.6) is 0 Å². The summed E-state index contributed by atoms with van der Waals surface area (Å²) in [7, 11) is 0. The highest BCUT2D eigenvalue weighted by atomic mass is 32.2. The van der Waals surface area contributed by atoms with Crippen molar-refractivity contribution in [3.05, 3.63) is 29.6 Å². The summed E-state index contributed by atoms with van der Waals surface area (Å²) < 4.78 is 0.492. The van der Waals surface area contributed by atoms with E-state index in [2.05, 4.69) is 40.5 Å². The SMILES string of the molecule is CSC1(CNC2CCCc3cccnc32)CCCC1. The standard InChI is InChI=1S/C16H24N2S/c1-19-16(9-2-3-10-16)12-18-14-8-4-6-13-7-5-11-17-15(13)14/h5,7,11,14,18H,2-4,6,8-10,12H2,1H3. The molecule has 3 rings (SSSR count). The molecule has 1 heterocycles. The third-order valence-corrected chi connectivity index (χ3v) is 6.23. The van der Waals surface area contributed by atoms with Gasteiger partial charge in [0, 0.05) is 23.5 Å². The predicted molar refractivity (Wildman–Crippen MR) is 82.6 cm³/mol. The van der Waals surface area contributed by atoms with Crippen LogP contribution in [0.3, 0.4) is 0 Å². The maximum Gasteiger partial charge on any atom is 0.0605 e. The minimum atomic E-state index is 0.481. The molecule has 1 unspecified atom stereocenters. The lowest BCUT2D eigenvalue weighted by molar-refractivity contribution is 0.415. The first-order valence-electron chi connectivity index (χ1n) is 7.55. The molecule has 0 aliphatic heterocycles. The van der Waals surface area contributed by atoms with Crippen LogP contribution in [0.4, 0.5) is 0 Å². The Bertz CT molecular complexity index is 427. The number of rotatable bonds is 4. The van der Waals surface area contributed by atoms with Gasteiger partial charge >= 0.3 is 0 Å². The third-order valence-electron chi connectivity index (χ3n) is 4.81. The monoisotopic (exact) mass is 276 g/mol. The first-order valence-corrected chi connectivity index (χ1v) is 8.78. The molecule has 0 radical (unpaired) electrons. The zero-order valence-electron chi connectivity index (χ0n) is 11.8. The van der Waals surface area contributed by atoms with Gasteiger partial charge in [-0.05, 0) is 50.0 Å². The number of nitrogens with zero attached hydrogens (tertiary/aromatic N) is 1. The van der Waals surface area contributed by atoms with Gasteiger partial charge in [0.05, 0.1) is 5.69 Å². The molecule has 1 N–H and O–H groups in total. The molecule has 0 bridgehead atoms. The number of pyridine rings is 1. The average Bonchev–Trinajstić information content (AvgIpc) is 2.94. The Labute approximate surface area is 120 Å². The summed E-state index contributed by atoms with van der Waals surface area (Å²) in [5, 5.41) is 3.83. The lowest BCUT2D eigenvalue weighted by Gasteiger charge is -2.32. The van der Waals surface area contributed by atoms with Gasteiger partial charge < -0.3 is 5.32 Å². The van der Waals surface area contributed by atoms with Crippen molar-refractivity contribution in [2.75, 3.05) is 12.8 Å². The molecule has 0 amide bonds. The maximum absolute atomic E-state index is 4.63. The van der Waals surface area contributed by atoms with E-state index in [1.165, 1.54) is 56.2 Å². The van der Waals surface area contributed by atoms with E-state index in [9.17, 15) is 0 Å². The molecule has 0 aromatic carbocycles. The van der Waals surface area contributed by atoms with Crippen LogP contribution in [0, 0.1) is 0 Å². The van der Waals surface area contributed by atoms with Gasteiger partial charge in [-0.3, -0.25) is 4.98 Å². The van der Waals surface area contributed by atoms with Crippen molar-refractivity contribution in [3.8, 4) is 0 Å². The van der Waals surface area contributed by atoms with Gasteiger partial charge in [-0.1, -0.05) is 18.9 Å². The summed E-state index contributed by atoms with van der Waals surface area (Å²) in [6.07, 6.45) is 13.5. The van der Waals surface area contributed by atoms with E-state index in [0.29, 0.717) is 10.8 Å². The Morgan fingerprint density at radius 1 is 1.37 bits per heavy atom. The van der Waals surface area contributed by atoms with Gasteiger partial charge in [-0.15, -0.1) is 0 Å². The highest BCUT2D eigenvalue weighted by Crippen LogP contribution is 2.40. The molecular weight excluding hydrogens is 252 g/mol. The summed E-state index contributed by atoms with van der Waals surface area (Å²) >= 11 is 2.07. The molecule has 19 heavy (non-hydrogen) atoms. The van der Waals surface area contributed by atoms with Gasteiger partial charge in [0.25, 0.3) is 0 Å². The molecule has 1 atom stereocenters. The fourth-order valence-electron chi connectivity index (χ4n) is 3.59. The molecule has 1 aromatic heterocycles. The quantitative estimate of drug-likeness (QED) is 0.907. The number of nitrogens with one attached hydrogen (secondary N) is 1. The zero-order chi connectivity index (χ0) is 13.1. The molecule has 0 spiro atoms. The van der Waals surface area contributed by atoms with Gasteiger partial charge in [0.15, 0.2) is 0 Å². The van der Waals surface area contributed by atoms with Crippen molar-refractivity contribution >= 4 is 11.8 Å². The van der Waals surface area contributed by atoms with Crippen LogP contribution in [0.1, 0.15) is 55.8 Å². The summed E-state index contributed by atoms with van der Waals surface area (Å²) in [6.45, 7) is 1.15. The van der Waals surface area contributed by atoms with Crippen molar-refractivity contribution in [3.63, 3.8) is 0 Å². The van der Waals surface area contributed by atoms with Crippen LogP contribution in [0.2, 0.25) is 0 Å². The lowest BCUT2D eigenvalue weighted by atomic mass is 9.91. The molecule has 104 valence electrons. The number of thioether (sulfide) groups is 1. The number of aromatic nitrogens is 1. The second-order valence-electron chi connectivity index (χ2n) is 5.97. The topological polar surface area (TPSA) is 24.9 Å². The lowest BCUT2D eigenvalue weighted by Crippen LogP contribution is -2.38. The van der Waals surface area contributed by atoms with Crippen LogP contribution in [0.25, 0.3) is 0 Å². The van der Waals surface area contributed by atoms with Crippen molar-refractivity contribution in [2.24, 2.45) is 0 Å². The Balaban J connectivity index is 1.68. The van der Waals surface area contributed by atoms with Crippen LogP contribution < -0.4 is 5.32 Å².